The Morgan fingerprint density at radius 1 is 0.808 bits per heavy atom. The van der Waals surface area contributed by atoms with E-state index in [1.165, 1.54) is 25.7 Å². The van der Waals surface area contributed by atoms with Gasteiger partial charge in [0.05, 0.1) is 4.92 Å². The average molecular weight is 360 g/mol. The van der Waals surface area contributed by atoms with Crippen LogP contribution in [-0.4, -0.2) is 11.2 Å². The van der Waals surface area contributed by atoms with Crippen molar-refractivity contribution >= 4 is 6.29 Å². The fraction of sp³-hybridized carbons (Fsp3) is 0.500. The first-order valence-electron chi connectivity index (χ1n) is 9.59. The molecule has 0 aromatic carbocycles. The Hall–Kier alpha value is -2.23. The van der Waals surface area contributed by atoms with Gasteiger partial charge >= 0.3 is 0 Å². The summed E-state index contributed by atoms with van der Waals surface area (Å²) < 4.78 is 0. The highest BCUT2D eigenvalue weighted by atomic mass is 16.6. The van der Waals surface area contributed by atoms with Crippen LogP contribution in [-0.2, 0) is 4.79 Å². The summed E-state index contributed by atoms with van der Waals surface area (Å²) in [6.45, 7) is 2.22. The van der Waals surface area contributed by atoms with Crippen molar-refractivity contribution in [1.82, 2.24) is 0 Å². The molecule has 0 fully saturated rings. The summed E-state index contributed by atoms with van der Waals surface area (Å²) in [6.07, 6.45) is 27.9. The van der Waals surface area contributed by atoms with Crippen LogP contribution in [0.15, 0.2) is 60.4 Å². The van der Waals surface area contributed by atoms with E-state index in [0.29, 0.717) is 12.7 Å². The highest BCUT2D eigenvalue weighted by Crippen LogP contribution is 2.06. The van der Waals surface area contributed by atoms with Crippen molar-refractivity contribution in [2.75, 3.05) is 0 Å². The van der Waals surface area contributed by atoms with E-state index in [0.717, 1.165) is 19.3 Å². The van der Waals surface area contributed by atoms with Crippen molar-refractivity contribution in [3.63, 3.8) is 0 Å². The van der Waals surface area contributed by atoms with Crippen LogP contribution in [0.4, 0.5) is 0 Å². The minimum Gasteiger partial charge on any atom is -0.303 e. The van der Waals surface area contributed by atoms with Crippen molar-refractivity contribution in [2.24, 2.45) is 0 Å². The zero-order valence-corrected chi connectivity index (χ0v) is 16.0. The number of carbonyl (C=O) groups excluding carboxylic acids is 1. The molecule has 0 aliphatic rings. The van der Waals surface area contributed by atoms with E-state index >= 15 is 0 Å². The number of nitro groups is 1. The van der Waals surface area contributed by atoms with Gasteiger partial charge in [0, 0.05) is 12.8 Å². The SMILES string of the molecule is CCCCC/C=C/C/C=C/C/C=C/C/C=C/C/C=C(/CCC=O)[N+](=O)[O-]. The summed E-state index contributed by atoms with van der Waals surface area (Å²) in [4.78, 5) is 20.6. The molecule has 26 heavy (non-hydrogen) atoms. The third-order valence-electron chi connectivity index (χ3n) is 3.70. The molecule has 0 spiro atoms. The van der Waals surface area contributed by atoms with Gasteiger partial charge in [-0.25, -0.2) is 0 Å². The molecule has 144 valence electrons. The van der Waals surface area contributed by atoms with Crippen LogP contribution >= 0.6 is 0 Å². The maximum Gasteiger partial charge on any atom is 0.243 e. The van der Waals surface area contributed by atoms with E-state index in [9.17, 15) is 14.9 Å². The maximum absolute atomic E-state index is 10.8. The van der Waals surface area contributed by atoms with Gasteiger partial charge in [0.1, 0.15) is 6.29 Å². The van der Waals surface area contributed by atoms with Gasteiger partial charge < -0.3 is 4.79 Å². The molecule has 0 saturated carbocycles. The normalized spacial score (nSPS) is 12.9. The predicted molar refractivity (Wildman–Crippen MR) is 110 cm³/mol. The molecule has 0 aliphatic heterocycles. The van der Waals surface area contributed by atoms with Crippen LogP contribution < -0.4 is 0 Å². The molecule has 0 amide bonds. The molecule has 4 nitrogen and oxygen atoms in total. The number of allylic oxidation sites excluding steroid dienone is 10. The van der Waals surface area contributed by atoms with Gasteiger partial charge in [0.15, 0.2) is 0 Å². The minimum atomic E-state index is -0.413. The van der Waals surface area contributed by atoms with Crippen LogP contribution in [0.1, 0.15) is 71.1 Å². The highest BCUT2D eigenvalue weighted by Gasteiger charge is 2.07. The third-order valence-corrected chi connectivity index (χ3v) is 3.70. The van der Waals surface area contributed by atoms with Gasteiger partial charge in [-0.05, 0) is 44.6 Å². The van der Waals surface area contributed by atoms with E-state index in [-0.39, 0.29) is 18.5 Å². The molecule has 4 heteroatoms. The molecule has 0 aromatic rings. The summed E-state index contributed by atoms with van der Waals surface area (Å²) in [5.74, 6) is 0. The lowest BCUT2D eigenvalue weighted by molar-refractivity contribution is -0.428. The Morgan fingerprint density at radius 2 is 1.35 bits per heavy atom. The fourth-order valence-corrected chi connectivity index (χ4v) is 2.22. The molecule has 0 rings (SSSR count). The number of hydrogen-bond donors (Lipinski definition) is 0. The summed E-state index contributed by atoms with van der Waals surface area (Å²) in [6, 6.07) is 0. The lowest BCUT2D eigenvalue weighted by atomic mass is 10.2. The lowest BCUT2D eigenvalue weighted by Gasteiger charge is -1.93. The number of hydrogen-bond acceptors (Lipinski definition) is 3. The van der Waals surface area contributed by atoms with Gasteiger partial charge in [0.25, 0.3) is 0 Å². The number of unbranched alkanes of at least 4 members (excludes halogenated alkanes) is 3. The molecule has 0 bridgehead atoms. The first kappa shape index (κ1) is 23.8. The Kier molecular flexibility index (Phi) is 17.5. The average Bonchev–Trinajstić information content (AvgIpc) is 2.63. The van der Waals surface area contributed by atoms with Crippen LogP contribution in [0.25, 0.3) is 0 Å². The molecule has 0 saturated heterocycles. The zero-order chi connectivity index (χ0) is 19.3. The first-order valence-corrected chi connectivity index (χ1v) is 9.59. The first-order chi connectivity index (χ1) is 12.7. The highest BCUT2D eigenvalue weighted by molar-refractivity contribution is 5.49. The summed E-state index contributed by atoms with van der Waals surface area (Å²) in [5.41, 5.74) is 0.113. The number of nitrogens with zero attached hydrogens (tertiary/aromatic N) is 1. The van der Waals surface area contributed by atoms with Crippen molar-refractivity contribution in [3.8, 4) is 0 Å². The third kappa shape index (κ3) is 16.6. The molecular formula is C22H33NO3. The Bertz CT molecular complexity index is 513. The van der Waals surface area contributed by atoms with Crippen LogP contribution in [0.2, 0.25) is 0 Å². The molecule has 0 heterocycles. The summed E-state index contributed by atoms with van der Waals surface area (Å²) >= 11 is 0. The van der Waals surface area contributed by atoms with Crippen molar-refractivity contribution in [1.29, 1.82) is 0 Å². The van der Waals surface area contributed by atoms with Gasteiger partial charge in [-0.2, -0.15) is 0 Å². The number of carbonyl (C=O) groups is 1. The second kappa shape index (κ2) is 19.1. The van der Waals surface area contributed by atoms with Gasteiger partial charge in [0.2, 0.25) is 5.70 Å². The molecular weight excluding hydrogens is 326 g/mol. The van der Waals surface area contributed by atoms with Crippen molar-refractivity contribution in [3.05, 3.63) is 70.5 Å². The standard InChI is InChI=1S/C22H33NO3/c1-2-3-4-5-6-7-8-9-10-11-12-13-14-15-16-17-19-22(23(25)26)20-18-21-24/h6-7,9-10,12-13,15-16,19,21H,2-5,8,11,14,17-18,20H2,1H3/b7-6+,10-9+,13-12+,16-15+,22-19-. The van der Waals surface area contributed by atoms with Gasteiger partial charge in [-0.3, -0.25) is 10.1 Å². The lowest BCUT2D eigenvalue weighted by Crippen LogP contribution is -1.98. The monoisotopic (exact) mass is 359 g/mol. The summed E-state index contributed by atoms with van der Waals surface area (Å²) in [5, 5.41) is 10.8. The molecule has 0 atom stereocenters. The maximum atomic E-state index is 10.8. The Labute approximate surface area is 158 Å². The Morgan fingerprint density at radius 3 is 1.85 bits per heavy atom. The number of aldehydes is 1. The van der Waals surface area contributed by atoms with E-state index < -0.39 is 4.92 Å². The largest absolute Gasteiger partial charge is 0.303 e. The van der Waals surface area contributed by atoms with E-state index in [2.05, 4.69) is 43.4 Å². The topological polar surface area (TPSA) is 60.2 Å². The second-order valence-corrected chi connectivity index (χ2v) is 5.98. The number of rotatable bonds is 16. The van der Waals surface area contributed by atoms with Crippen LogP contribution in [0, 0.1) is 10.1 Å². The fourth-order valence-electron chi connectivity index (χ4n) is 2.22. The second-order valence-electron chi connectivity index (χ2n) is 5.98. The predicted octanol–water partition coefficient (Wildman–Crippen LogP) is 6.49. The molecule has 0 N–H and O–H groups in total. The molecule has 0 aromatic heterocycles. The minimum absolute atomic E-state index is 0.113. The van der Waals surface area contributed by atoms with Crippen LogP contribution in [0.5, 0.6) is 0 Å². The van der Waals surface area contributed by atoms with E-state index in [1.54, 1.807) is 6.08 Å². The zero-order valence-electron chi connectivity index (χ0n) is 16.0. The Balaban J connectivity index is 3.79. The van der Waals surface area contributed by atoms with Gasteiger partial charge in [-0.1, -0.05) is 68.4 Å². The molecule has 0 unspecified atom stereocenters. The summed E-state index contributed by atoms with van der Waals surface area (Å²) in [7, 11) is 0. The van der Waals surface area contributed by atoms with Gasteiger partial charge in [-0.15, -0.1) is 0 Å². The van der Waals surface area contributed by atoms with E-state index in [4.69, 9.17) is 0 Å². The van der Waals surface area contributed by atoms with E-state index in [1.807, 2.05) is 12.2 Å². The molecule has 0 aliphatic carbocycles. The van der Waals surface area contributed by atoms with Crippen LogP contribution in [0.3, 0.4) is 0 Å². The van der Waals surface area contributed by atoms with Crippen molar-refractivity contribution in [2.45, 2.75) is 71.1 Å². The quantitative estimate of drug-likeness (QED) is 0.104. The smallest absolute Gasteiger partial charge is 0.243 e. The molecule has 0 radical (unpaired) electrons. The van der Waals surface area contributed by atoms with Crippen molar-refractivity contribution < 1.29 is 9.72 Å².